The van der Waals surface area contributed by atoms with Crippen molar-refractivity contribution >= 4 is 23.2 Å². The van der Waals surface area contributed by atoms with Gasteiger partial charge in [0.25, 0.3) is 6.43 Å². The standard InChI is InChI=1S/C22H25F2N7O2/c1-3-25-19-5-4-15(12-26-19)17-8-11-31-20(17)21(33-13-18(23)24)28-22(29-31)27-16-6-9-30(10-7-16)14(2)32/h3-5,8,11-12,16,18H,1,6-7,9-10,13H2,2H3,(H,25,26)(H,27,29). The number of rotatable bonds is 8. The summed E-state index contributed by atoms with van der Waals surface area (Å²) in [7, 11) is 0. The van der Waals surface area contributed by atoms with Gasteiger partial charge in [0.1, 0.15) is 11.3 Å². The number of pyridine rings is 1. The number of amides is 1. The van der Waals surface area contributed by atoms with Crippen molar-refractivity contribution in [3.05, 3.63) is 43.4 Å². The van der Waals surface area contributed by atoms with Crippen LogP contribution in [-0.4, -0.2) is 62.6 Å². The number of anilines is 2. The second kappa shape index (κ2) is 9.80. The predicted octanol–water partition coefficient (Wildman–Crippen LogP) is 3.41. The molecule has 1 fully saturated rings. The third kappa shape index (κ3) is 5.18. The molecule has 9 nitrogen and oxygen atoms in total. The van der Waals surface area contributed by atoms with Gasteiger partial charge in [-0.3, -0.25) is 4.79 Å². The number of carbonyl (C=O) groups excluding carboxylic acids is 1. The van der Waals surface area contributed by atoms with E-state index in [2.05, 4.69) is 32.3 Å². The fraction of sp³-hybridized carbons (Fsp3) is 0.364. The number of piperidine rings is 1. The van der Waals surface area contributed by atoms with E-state index < -0.39 is 13.0 Å². The number of halogens is 2. The molecule has 3 aromatic heterocycles. The van der Waals surface area contributed by atoms with E-state index in [-0.39, 0.29) is 23.8 Å². The van der Waals surface area contributed by atoms with Crippen LogP contribution in [0.15, 0.2) is 43.4 Å². The molecule has 1 aliphatic rings. The zero-order chi connectivity index (χ0) is 23.4. The molecule has 0 radical (unpaired) electrons. The van der Waals surface area contributed by atoms with Crippen molar-refractivity contribution in [2.24, 2.45) is 0 Å². The molecule has 1 saturated heterocycles. The molecule has 0 aromatic carbocycles. The maximum absolute atomic E-state index is 12.9. The Labute approximate surface area is 189 Å². The van der Waals surface area contributed by atoms with Gasteiger partial charge < -0.3 is 20.3 Å². The van der Waals surface area contributed by atoms with Gasteiger partial charge in [0.05, 0.1) is 0 Å². The van der Waals surface area contributed by atoms with Crippen LogP contribution in [-0.2, 0) is 4.79 Å². The number of nitrogens with zero attached hydrogens (tertiary/aromatic N) is 5. The molecule has 0 atom stereocenters. The zero-order valence-electron chi connectivity index (χ0n) is 18.2. The molecule has 0 bridgehead atoms. The lowest BCUT2D eigenvalue weighted by Crippen LogP contribution is -2.41. The van der Waals surface area contributed by atoms with E-state index in [1.54, 1.807) is 34.8 Å². The van der Waals surface area contributed by atoms with Crippen LogP contribution < -0.4 is 15.4 Å². The first-order valence-corrected chi connectivity index (χ1v) is 10.6. The number of nitrogens with one attached hydrogen (secondary N) is 2. The minimum Gasteiger partial charge on any atom is -0.470 e. The van der Waals surface area contributed by atoms with E-state index in [1.165, 1.54) is 6.20 Å². The Bertz CT molecular complexity index is 1130. The topological polar surface area (TPSA) is 96.7 Å². The largest absolute Gasteiger partial charge is 0.470 e. The first kappa shape index (κ1) is 22.4. The normalized spacial score (nSPS) is 14.5. The van der Waals surface area contributed by atoms with Crippen molar-refractivity contribution in [3.63, 3.8) is 0 Å². The summed E-state index contributed by atoms with van der Waals surface area (Å²) >= 11 is 0. The summed E-state index contributed by atoms with van der Waals surface area (Å²) in [6, 6.07) is 5.50. The third-order valence-electron chi connectivity index (χ3n) is 5.42. The molecule has 1 amide bonds. The molecular weight excluding hydrogens is 432 g/mol. The minimum absolute atomic E-state index is 0.0523. The number of hydrogen-bond acceptors (Lipinski definition) is 7. The second-order valence-electron chi connectivity index (χ2n) is 7.67. The fourth-order valence-corrected chi connectivity index (χ4v) is 3.79. The summed E-state index contributed by atoms with van der Waals surface area (Å²) in [5.74, 6) is 1.02. The maximum atomic E-state index is 12.9. The lowest BCUT2D eigenvalue weighted by Gasteiger charge is -2.31. The molecule has 0 unspecified atom stereocenters. The molecule has 0 spiro atoms. The van der Waals surface area contributed by atoms with Crippen molar-refractivity contribution in [1.82, 2.24) is 24.5 Å². The van der Waals surface area contributed by atoms with Gasteiger partial charge in [0.15, 0.2) is 6.61 Å². The number of ether oxygens (including phenoxy) is 1. The van der Waals surface area contributed by atoms with Gasteiger partial charge in [-0.1, -0.05) is 6.58 Å². The fourth-order valence-electron chi connectivity index (χ4n) is 3.79. The lowest BCUT2D eigenvalue weighted by molar-refractivity contribution is -0.129. The molecule has 4 rings (SSSR count). The molecule has 174 valence electrons. The number of likely N-dealkylation sites (tertiary alicyclic amines) is 1. The average Bonchev–Trinajstić information content (AvgIpc) is 3.22. The highest BCUT2D eigenvalue weighted by molar-refractivity contribution is 5.84. The Morgan fingerprint density at radius 3 is 2.76 bits per heavy atom. The zero-order valence-corrected chi connectivity index (χ0v) is 18.2. The van der Waals surface area contributed by atoms with Gasteiger partial charge in [0, 0.05) is 49.6 Å². The second-order valence-corrected chi connectivity index (χ2v) is 7.67. The summed E-state index contributed by atoms with van der Waals surface area (Å²) in [5.41, 5.74) is 1.94. The van der Waals surface area contributed by atoms with Crippen LogP contribution in [0.5, 0.6) is 5.88 Å². The Morgan fingerprint density at radius 2 is 2.12 bits per heavy atom. The van der Waals surface area contributed by atoms with E-state index in [0.717, 1.165) is 18.4 Å². The van der Waals surface area contributed by atoms with Crippen LogP contribution in [0.3, 0.4) is 0 Å². The first-order valence-electron chi connectivity index (χ1n) is 10.6. The molecule has 2 N–H and O–H groups in total. The summed E-state index contributed by atoms with van der Waals surface area (Å²) in [6.07, 6.45) is 3.74. The summed E-state index contributed by atoms with van der Waals surface area (Å²) in [5, 5.41) is 10.7. The molecule has 1 aliphatic heterocycles. The van der Waals surface area contributed by atoms with Crippen LogP contribution in [0, 0.1) is 0 Å². The number of hydrogen-bond donors (Lipinski definition) is 2. The Hall–Kier alpha value is -3.76. The highest BCUT2D eigenvalue weighted by Crippen LogP contribution is 2.32. The SMILES string of the molecule is C=CNc1ccc(-c2ccn3nc(NC4CCN(C(C)=O)CC4)nc(OCC(F)F)c23)cn1. The van der Waals surface area contributed by atoms with Gasteiger partial charge >= 0.3 is 0 Å². The van der Waals surface area contributed by atoms with Crippen LogP contribution in [0.1, 0.15) is 19.8 Å². The van der Waals surface area contributed by atoms with Crippen molar-refractivity contribution in [1.29, 1.82) is 0 Å². The summed E-state index contributed by atoms with van der Waals surface area (Å²) in [4.78, 5) is 22.0. The van der Waals surface area contributed by atoms with Crippen LogP contribution in [0.2, 0.25) is 0 Å². The molecule has 4 heterocycles. The van der Waals surface area contributed by atoms with E-state index in [0.29, 0.717) is 30.0 Å². The summed E-state index contributed by atoms with van der Waals surface area (Å²) < 4.78 is 32.8. The first-order chi connectivity index (χ1) is 15.9. The molecular formula is C22H25F2N7O2. The van der Waals surface area contributed by atoms with Crippen molar-refractivity contribution in [2.45, 2.75) is 32.2 Å². The number of alkyl halides is 2. The molecule has 33 heavy (non-hydrogen) atoms. The number of carbonyl (C=O) groups is 1. The Morgan fingerprint density at radius 1 is 1.33 bits per heavy atom. The van der Waals surface area contributed by atoms with Gasteiger partial charge in [0.2, 0.25) is 17.7 Å². The highest BCUT2D eigenvalue weighted by atomic mass is 19.3. The van der Waals surface area contributed by atoms with Crippen LogP contribution >= 0.6 is 0 Å². The Kier molecular flexibility index (Phi) is 6.66. The lowest BCUT2D eigenvalue weighted by atomic mass is 10.1. The highest BCUT2D eigenvalue weighted by Gasteiger charge is 2.23. The van der Waals surface area contributed by atoms with Crippen molar-refractivity contribution in [3.8, 4) is 17.0 Å². The minimum atomic E-state index is -2.64. The molecule has 0 aliphatic carbocycles. The third-order valence-corrected chi connectivity index (χ3v) is 5.42. The van der Waals surface area contributed by atoms with E-state index in [1.807, 2.05) is 12.1 Å². The van der Waals surface area contributed by atoms with Gasteiger partial charge in [-0.25, -0.2) is 18.3 Å². The van der Waals surface area contributed by atoms with Gasteiger partial charge in [-0.15, -0.1) is 5.10 Å². The monoisotopic (exact) mass is 457 g/mol. The predicted molar refractivity (Wildman–Crippen MR) is 120 cm³/mol. The van der Waals surface area contributed by atoms with E-state index in [4.69, 9.17) is 4.74 Å². The van der Waals surface area contributed by atoms with Gasteiger partial charge in [-0.2, -0.15) is 4.98 Å². The Balaban J connectivity index is 1.63. The van der Waals surface area contributed by atoms with Crippen LogP contribution in [0.4, 0.5) is 20.5 Å². The summed E-state index contributed by atoms with van der Waals surface area (Å²) in [6.45, 7) is 5.66. The van der Waals surface area contributed by atoms with Crippen molar-refractivity contribution < 1.29 is 18.3 Å². The van der Waals surface area contributed by atoms with E-state index in [9.17, 15) is 13.6 Å². The van der Waals surface area contributed by atoms with Crippen molar-refractivity contribution in [2.75, 3.05) is 30.3 Å². The number of aromatic nitrogens is 4. The van der Waals surface area contributed by atoms with Crippen LogP contribution in [0.25, 0.3) is 16.6 Å². The maximum Gasteiger partial charge on any atom is 0.272 e. The smallest absolute Gasteiger partial charge is 0.272 e. The molecule has 3 aromatic rings. The number of fused-ring (bicyclic) bond motifs is 1. The molecule has 11 heteroatoms. The quantitative estimate of drug-likeness (QED) is 0.535. The van der Waals surface area contributed by atoms with Gasteiger partial charge in [-0.05, 0) is 37.2 Å². The average molecular weight is 457 g/mol. The molecule has 0 saturated carbocycles. The van der Waals surface area contributed by atoms with E-state index >= 15 is 0 Å².